The highest BCUT2D eigenvalue weighted by molar-refractivity contribution is 5.68. The molecule has 0 spiro atoms. The molecule has 1 amide bonds. The number of amides is 1. The van der Waals surface area contributed by atoms with Crippen LogP contribution < -0.4 is 5.32 Å². The number of carbonyl (C=O) groups is 1. The first-order valence-electron chi connectivity index (χ1n) is 7.79. The Bertz CT molecular complexity index is 711. The molecule has 1 heterocycles. The van der Waals surface area contributed by atoms with Crippen molar-refractivity contribution >= 4 is 6.09 Å². The first-order valence-corrected chi connectivity index (χ1v) is 7.79. The number of benzene rings is 1. The molecule has 1 saturated heterocycles. The normalized spacial score (nSPS) is 21.0. The lowest BCUT2D eigenvalue weighted by atomic mass is 9.81. The van der Waals surface area contributed by atoms with E-state index >= 15 is 0 Å². The molecule has 0 unspecified atom stereocenters. The summed E-state index contributed by atoms with van der Waals surface area (Å²) in [6.45, 7) is 5.90. The molecule has 0 aliphatic carbocycles. The predicted molar refractivity (Wildman–Crippen MR) is 84.9 cm³/mol. The Hall–Kier alpha value is -2.27. The van der Waals surface area contributed by atoms with Gasteiger partial charge < -0.3 is 10.4 Å². The summed E-state index contributed by atoms with van der Waals surface area (Å²) in [5.74, 6) is 0. The van der Waals surface area contributed by atoms with E-state index in [0.717, 1.165) is 12.1 Å². The monoisotopic (exact) mass is 355 g/mol. The number of carboxylic acid groups (broad SMARTS) is 1. The highest BCUT2D eigenvalue weighted by Gasteiger charge is 2.50. The zero-order valence-corrected chi connectivity index (χ0v) is 14.2. The van der Waals surface area contributed by atoms with Gasteiger partial charge in [-0.2, -0.15) is 18.4 Å². The molecule has 0 aromatic heterocycles. The van der Waals surface area contributed by atoms with E-state index in [0.29, 0.717) is 18.5 Å². The molecule has 1 fully saturated rings. The van der Waals surface area contributed by atoms with E-state index in [1.807, 2.05) is 6.07 Å². The molecule has 2 rings (SSSR count). The number of nitrogens with one attached hydrogen (secondary N) is 1. The van der Waals surface area contributed by atoms with Crippen molar-refractivity contribution < 1.29 is 23.1 Å². The van der Waals surface area contributed by atoms with Gasteiger partial charge in [0.2, 0.25) is 0 Å². The number of hydrogen-bond donors (Lipinski definition) is 2. The number of halogens is 3. The standard InChI is InChI=1S/C17H20F3N3O2/c1-15(2,3)23(14(24)25)16(6-7-22-10-16)13-5-4-12(17(18,19)20)8-11(13)9-21/h4-5,8,22H,6-7,10H2,1-3H3,(H,24,25)/t16-/m1/s1. The fraction of sp³-hybridized carbons (Fsp3) is 0.529. The zero-order chi connectivity index (χ0) is 19.0. The third-order valence-corrected chi connectivity index (χ3v) is 4.39. The highest BCUT2D eigenvalue weighted by atomic mass is 19.4. The Morgan fingerprint density at radius 3 is 2.40 bits per heavy atom. The van der Waals surface area contributed by atoms with Crippen LogP contribution in [0, 0.1) is 11.3 Å². The molecule has 5 nitrogen and oxygen atoms in total. The molecule has 1 aromatic carbocycles. The Morgan fingerprint density at radius 1 is 1.36 bits per heavy atom. The Labute approximate surface area is 144 Å². The van der Waals surface area contributed by atoms with Gasteiger partial charge in [0.15, 0.2) is 0 Å². The molecule has 136 valence electrons. The Balaban J connectivity index is 2.70. The average molecular weight is 355 g/mol. The van der Waals surface area contributed by atoms with E-state index in [2.05, 4.69) is 5.32 Å². The van der Waals surface area contributed by atoms with Crippen LogP contribution >= 0.6 is 0 Å². The topological polar surface area (TPSA) is 76.4 Å². The van der Waals surface area contributed by atoms with Crippen molar-refractivity contribution in [2.75, 3.05) is 13.1 Å². The average Bonchev–Trinajstić information content (AvgIpc) is 2.93. The molecule has 1 aromatic rings. The Morgan fingerprint density at radius 2 is 2.00 bits per heavy atom. The minimum Gasteiger partial charge on any atom is -0.465 e. The maximum absolute atomic E-state index is 13.0. The van der Waals surface area contributed by atoms with Crippen molar-refractivity contribution in [3.8, 4) is 6.07 Å². The van der Waals surface area contributed by atoms with Gasteiger partial charge >= 0.3 is 12.3 Å². The molecule has 8 heteroatoms. The molecule has 0 radical (unpaired) electrons. The minimum absolute atomic E-state index is 0.158. The maximum Gasteiger partial charge on any atom is 0.416 e. The summed E-state index contributed by atoms with van der Waals surface area (Å²) in [4.78, 5) is 13.2. The number of nitrogens with zero attached hydrogens (tertiary/aromatic N) is 2. The molecule has 1 aliphatic heterocycles. The fourth-order valence-corrected chi connectivity index (χ4v) is 3.55. The highest BCUT2D eigenvalue weighted by Crippen LogP contribution is 2.42. The van der Waals surface area contributed by atoms with Crippen LogP contribution in [0.3, 0.4) is 0 Å². The maximum atomic E-state index is 13.0. The van der Waals surface area contributed by atoms with Crippen LogP contribution in [0.4, 0.5) is 18.0 Å². The second kappa shape index (κ2) is 6.23. The van der Waals surface area contributed by atoms with Crippen LogP contribution in [-0.2, 0) is 11.7 Å². The minimum atomic E-state index is -4.57. The van der Waals surface area contributed by atoms with Gasteiger partial charge in [-0.15, -0.1) is 0 Å². The van der Waals surface area contributed by atoms with Gasteiger partial charge in [0, 0.05) is 12.1 Å². The van der Waals surface area contributed by atoms with Crippen LogP contribution in [0.15, 0.2) is 18.2 Å². The van der Waals surface area contributed by atoms with Gasteiger partial charge in [-0.05, 0) is 51.4 Å². The first kappa shape index (κ1) is 19.1. The molecule has 2 N–H and O–H groups in total. The van der Waals surface area contributed by atoms with Gasteiger partial charge in [-0.25, -0.2) is 4.79 Å². The quantitative estimate of drug-likeness (QED) is 0.851. The smallest absolute Gasteiger partial charge is 0.416 e. The SMILES string of the molecule is CC(C)(C)N(C(=O)O)[C@]1(c2ccc(C(F)(F)F)cc2C#N)CCNC1. The van der Waals surface area contributed by atoms with Gasteiger partial charge in [0.1, 0.15) is 0 Å². The molecule has 0 bridgehead atoms. The van der Waals surface area contributed by atoms with Crippen molar-refractivity contribution in [1.29, 1.82) is 5.26 Å². The van der Waals surface area contributed by atoms with Crippen molar-refractivity contribution in [2.45, 2.75) is 44.4 Å². The van der Waals surface area contributed by atoms with Gasteiger partial charge in [-0.1, -0.05) is 6.07 Å². The van der Waals surface area contributed by atoms with Crippen molar-refractivity contribution in [3.63, 3.8) is 0 Å². The number of nitriles is 1. The third kappa shape index (κ3) is 3.42. The van der Waals surface area contributed by atoms with E-state index in [1.165, 1.54) is 11.0 Å². The van der Waals surface area contributed by atoms with Crippen molar-refractivity contribution in [2.24, 2.45) is 0 Å². The predicted octanol–water partition coefficient (Wildman–Crippen LogP) is 3.54. The molecule has 25 heavy (non-hydrogen) atoms. The molecular formula is C17H20F3N3O2. The number of hydrogen-bond acceptors (Lipinski definition) is 3. The molecular weight excluding hydrogens is 335 g/mol. The summed E-state index contributed by atoms with van der Waals surface area (Å²) in [5, 5.41) is 22.3. The van der Waals surface area contributed by atoms with E-state index in [9.17, 15) is 28.3 Å². The lowest BCUT2D eigenvalue weighted by Crippen LogP contribution is -2.59. The van der Waals surface area contributed by atoms with Crippen LogP contribution in [0.25, 0.3) is 0 Å². The summed E-state index contributed by atoms with van der Waals surface area (Å²) >= 11 is 0. The molecule has 0 saturated carbocycles. The first-order chi connectivity index (χ1) is 11.4. The van der Waals surface area contributed by atoms with E-state index < -0.39 is 28.9 Å². The second-order valence-electron chi connectivity index (χ2n) is 7.12. The van der Waals surface area contributed by atoms with Gasteiger partial charge in [-0.3, -0.25) is 4.90 Å². The summed E-state index contributed by atoms with van der Waals surface area (Å²) in [6, 6.07) is 4.73. The summed E-state index contributed by atoms with van der Waals surface area (Å²) in [6.07, 6.45) is -5.38. The zero-order valence-electron chi connectivity index (χ0n) is 14.2. The summed E-state index contributed by atoms with van der Waals surface area (Å²) in [7, 11) is 0. The van der Waals surface area contributed by atoms with E-state index in [4.69, 9.17) is 0 Å². The van der Waals surface area contributed by atoms with Crippen LogP contribution in [0.5, 0.6) is 0 Å². The van der Waals surface area contributed by atoms with E-state index in [1.54, 1.807) is 20.8 Å². The largest absolute Gasteiger partial charge is 0.465 e. The van der Waals surface area contributed by atoms with E-state index in [-0.39, 0.29) is 12.1 Å². The molecule has 1 aliphatic rings. The Kier molecular flexibility index (Phi) is 4.75. The molecule has 1 atom stereocenters. The summed E-state index contributed by atoms with van der Waals surface area (Å²) in [5.41, 5.74) is -2.68. The lowest BCUT2D eigenvalue weighted by Gasteiger charge is -2.47. The van der Waals surface area contributed by atoms with Crippen molar-refractivity contribution in [3.05, 3.63) is 34.9 Å². The van der Waals surface area contributed by atoms with Gasteiger partial charge in [0.25, 0.3) is 0 Å². The lowest BCUT2D eigenvalue weighted by molar-refractivity contribution is -0.137. The van der Waals surface area contributed by atoms with Crippen LogP contribution in [0.2, 0.25) is 0 Å². The second-order valence-corrected chi connectivity index (χ2v) is 7.12. The fourth-order valence-electron chi connectivity index (χ4n) is 3.55. The summed E-state index contributed by atoms with van der Waals surface area (Å²) < 4.78 is 38.9. The van der Waals surface area contributed by atoms with Crippen LogP contribution in [0.1, 0.15) is 43.9 Å². The number of alkyl halides is 3. The van der Waals surface area contributed by atoms with Crippen molar-refractivity contribution in [1.82, 2.24) is 10.2 Å². The van der Waals surface area contributed by atoms with Gasteiger partial charge in [0.05, 0.1) is 22.7 Å². The third-order valence-electron chi connectivity index (χ3n) is 4.39. The van der Waals surface area contributed by atoms with Crippen LogP contribution in [-0.4, -0.2) is 34.7 Å². The number of rotatable bonds is 2.